The van der Waals surface area contributed by atoms with Crippen molar-refractivity contribution in [1.82, 2.24) is 0 Å². The van der Waals surface area contributed by atoms with Crippen LogP contribution in [0.15, 0.2) is 0 Å². The van der Waals surface area contributed by atoms with Gasteiger partial charge >= 0.3 is 37.9 Å². The molecule has 9 heteroatoms. The summed E-state index contributed by atoms with van der Waals surface area (Å²) in [5.74, 6) is 0. The molecule has 0 aromatic carbocycles. The van der Waals surface area contributed by atoms with Crippen molar-refractivity contribution in [2.24, 2.45) is 0 Å². The van der Waals surface area contributed by atoms with Crippen LogP contribution in [-0.2, 0) is 30.3 Å². The first-order valence-electron chi connectivity index (χ1n) is 10.2. The summed E-state index contributed by atoms with van der Waals surface area (Å²) in [5, 5.41) is 0. The summed E-state index contributed by atoms with van der Waals surface area (Å²) in [4.78, 5) is 9.75. The van der Waals surface area contributed by atoms with Crippen molar-refractivity contribution in [3.05, 3.63) is 23.2 Å². The molecule has 0 spiro atoms. The normalized spacial score (nSPS) is 18.5. The Morgan fingerprint density at radius 3 is 1.29 bits per heavy atom. The molecule has 0 unspecified atom stereocenters. The Labute approximate surface area is 196 Å². The van der Waals surface area contributed by atoms with Gasteiger partial charge in [0.2, 0.25) is 0 Å². The fourth-order valence-electron chi connectivity index (χ4n) is 2.75. The van der Waals surface area contributed by atoms with Crippen LogP contribution < -0.4 is 0 Å². The van der Waals surface area contributed by atoms with E-state index in [4.69, 9.17) is 36.5 Å². The van der Waals surface area contributed by atoms with Gasteiger partial charge in [0.1, 0.15) is 0 Å². The molecule has 170 valence electrons. The third-order valence-electron chi connectivity index (χ3n) is 3.30. The van der Waals surface area contributed by atoms with Crippen molar-refractivity contribution in [1.29, 1.82) is 0 Å². The topological polar surface area (TPSA) is 46.7 Å². The van der Waals surface area contributed by atoms with E-state index < -0.39 is 37.3 Å². The van der Waals surface area contributed by atoms with Crippen molar-refractivity contribution in [3.63, 3.8) is 0 Å². The van der Waals surface area contributed by atoms with Gasteiger partial charge in [-0.2, -0.15) is 12.8 Å². The predicted molar refractivity (Wildman–Crippen MR) is 128 cm³/mol. The van der Waals surface area contributed by atoms with Crippen LogP contribution in [0.3, 0.4) is 0 Å². The molecule has 0 amide bonds. The second-order valence-corrected chi connectivity index (χ2v) is 21.9. The van der Waals surface area contributed by atoms with Gasteiger partial charge in [-0.15, -0.1) is 12.1 Å². The molecule has 2 rings (SSSR count). The van der Waals surface area contributed by atoms with E-state index in [-0.39, 0.29) is 0 Å². The summed E-state index contributed by atoms with van der Waals surface area (Å²) in [6.07, 6.45) is 5.87. The van der Waals surface area contributed by atoms with E-state index in [0.29, 0.717) is 12.1 Å². The van der Waals surface area contributed by atoms with Crippen LogP contribution in [0.25, 0.3) is 9.96 Å². The molecule has 0 aliphatic carbocycles. The van der Waals surface area contributed by atoms with E-state index in [1.807, 2.05) is 13.2 Å². The molecule has 2 fully saturated rings. The van der Waals surface area contributed by atoms with Gasteiger partial charge in [0.25, 0.3) is 0 Å². The van der Waals surface area contributed by atoms with Gasteiger partial charge in [-0.1, -0.05) is 88.9 Å². The summed E-state index contributed by atoms with van der Waals surface area (Å²) < 4.78 is 9.64. The molecule has 28 heavy (non-hydrogen) atoms. The molecular formula is C19H42Cl2N2O2Si2Zr-4. The molecule has 0 aromatic rings. The fourth-order valence-corrected chi connectivity index (χ4v) is 5.61. The minimum absolute atomic E-state index is 0.478. The van der Waals surface area contributed by atoms with Gasteiger partial charge < -0.3 is 19.4 Å². The average Bonchev–Trinajstić information content (AvgIpc) is 3.23. The van der Waals surface area contributed by atoms with Crippen LogP contribution >= 0.6 is 17.0 Å². The average molecular weight is 549 g/mol. The van der Waals surface area contributed by atoms with Gasteiger partial charge in [0.15, 0.2) is 0 Å². The van der Waals surface area contributed by atoms with Gasteiger partial charge in [-0.3, -0.25) is 0 Å². The Hall–Kier alpha value is 1.74. The number of hydrogen-bond acceptors (Lipinski definition) is 2. The molecule has 2 heterocycles. The van der Waals surface area contributed by atoms with E-state index in [1.165, 1.54) is 12.8 Å². The molecule has 0 N–H and O–H groups in total. The van der Waals surface area contributed by atoms with E-state index in [2.05, 4.69) is 53.1 Å². The molecule has 0 saturated carbocycles. The fraction of sp³-hybridized carbons (Fsp3) is 0.895. The molecule has 2 aliphatic heterocycles. The quantitative estimate of drug-likeness (QED) is 0.250. The molecule has 4 nitrogen and oxygen atoms in total. The molecule has 2 atom stereocenters. The van der Waals surface area contributed by atoms with Crippen LogP contribution in [0.2, 0.25) is 39.3 Å². The maximum absolute atomic E-state index is 4.93. The second kappa shape index (κ2) is 19.4. The maximum atomic E-state index is 4.93. The first-order valence-corrected chi connectivity index (χ1v) is 23.4. The van der Waals surface area contributed by atoms with Crippen molar-refractivity contribution in [2.45, 2.75) is 97.3 Å². The van der Waals surface area contributed by atoms with Crippen molar-refractivity contribution in [2.75, 3.05) is 13.2 Å². The zero-order chi connectivity index (χ0) is 22.1. The molecule has 0 aromatic heterocycles. The summed E-state index contributed by atoms with van der Waals surface area (Å²) in [6.45, 7) is 23.8. The van der Waals surface area contributed by atoms with E-state index in [1.54, 1.807) is 0 Å². The zero-order valence-electron chi connectivity index (χ0n) is 19.2. The summed E-state index contributed by atoms with van der Waals surface area (Å²) in [5.41, 5.74) is 0. The van der Waals surface area contributed by atoms with Crippen molar-refractivity contribution in [3.8, 4) is 0 Å². The molecule has 2 aliphatic rings. The standard InChI is InChI=1S/C11H28N2Si2.2C4H7O.2ClH.Zr/c1-10(12-14(3,4)5)9-11(2)13-15(6,7)8;2*1-2-4-5-3-1;;;/h10-11H,9H2,1-8H3;2*3H,1-2,4H2;2*1H;/q-2;2*-1;;;+2/p-2/t10-,11-;;;;;/m1...../s1. The Morgan fingerprint density at radius 1 is 0.821 bits per heavy atom. The van der Waals surface area contributed by atoms with Gasteiger partial charge in [-0.25, -0.2) is 13.2 Å². The van der Waals surface area contributed by atoms with E-state index in [0.717, 1.165) is 32.5 Å². The zero-order valence-corrected chi connectivity index (χ0v) is 25.2. The Kier molecular flexibility index (Phi) is 22.1. The SMILES string of the molecule is C[C@H](C[C@@H](C)[N-][Si](C)(C)C)[N-][Si](C)(C)C.[CH-]1CCCO1.[CH-]1CCCO1.[Cl][Zr][Cl]. The Morgan fingerprint density at radius 2 is 1.14 bits per heavy atom. The van der Waals surface area contributed by atoms with Gasteiger partial charge in [-0.05, 0) is 0 Å². The summed E-state index contributed by atoms with van der Waals surface area (Å²) in [6, 6.07) is 0.957. The predicted octanol–water partition coefficient (Wildman–Crippen LogP) is 7.86. The first-order chi connectivity index (χ1) is 12.9. The van der Waals surface area contributed by atoms with E-state index >= 15 is 0 Å². The number of hydrogen-bond donors (Lipinski definition) is 0. The van der Waals surface area contributed by atoms with Gasteiger partial charge in [0, 0.05) is 13.2 Å². The molecular weight excluding hydrogens is 507 g/mol. The monoisotopic (exact) mass is 546 g/mol. The van der Waals surface area contributed by atoms with Crippen LogP contribution in [0.5, 0.6) is 0 Å². The summed E-state index contributed by atoms with van der Waals surface area (Å²) in [7, 11) is 7.37. The summed E-state index contributed by atoms with van der Waals surface area (Å²) >= 11 is -0.826. The third-order valence-corrected chi connectivity index (χ3v) is 5.73. The second-order valence-electron chi connectivity index (χ2n) is 8.96. The number of rotatable bonds is 6. The van der Waals surface area contributed by atoms with Crippen LogP contribution in [-0.4, -0.2) is 41.8 Å². The Bertz CT molecular complexity index is 294. The van der Waals surface area contributed by atoms with Crippen molar-refractivity contribution < 1.29 is 30.3 Å². The molecule has 2 saturated heterocycles. The third kappa shape index (κ3) is 29.9. The van der Waals surface area contributed by atoms with Crippen LogP contribution in [0.4, 0.5) is 0 Å². The van der Waals surface area contributed by atoms with Crippen LogP contribution in [0, 0.1) is 13.2 Å². The minimum atomic E-state index is -1.25. The number of nitrogens with zero attached hydrogens (tertiary/aromatic N) is 2. The van der Waals surface area contributed by atoms with E-state index in [9.17, 15) is 0 Å². The van der Waals surface area contributed by atoms with Crippen LogP contribution in [0.1, 0.15) is 46.0 Å². The molecule has 0 bridgehead atoms. The van der Waals surface area contributed by atoms with Crippen molar-refractivity contribution >= 4 is 33.5 Å². The number of ether oxygens (including phenoxy) is 2. The number of halogens is 2. The van der Waals surface area contributed by atoms with Gasteiger partial charge in [0.05, 0.1) is 0 Å². The molecule has 0 radical (unpaired) electrons. The Balaban J connectivity index is 0. The first kappa shape index (κ1) is 31.9.